The fraction of sp³-hybridized carbons (Fsp3) is 0.136. The highest BCUT2D eigenvalue weighted by molar-refractivity contribution is 5.85. The molecule has 4 rings (SSSR count). The number of anilines is 3. The van der Waals surface area contributed by atoms with Crippen LogP contribution in [0.3, 0.4) is 0 Å². The monoisotopic (exact) mass is 371 g/mol. The fourth-order valence-electron chi connectivity index (χ4n) is 3.22. The van der Waals surface area contributed by atoms with Crippen LogP contribution >= 0.6 is 0 Å². The summed E-state index contributed by atoms with van der Waals surface area (Å²) in [5.41, 5.74) is 5.14. The first-order valence-corrected chi connectivity index (χ1v) is 9.20. The maximum absolute atomic E-state index is 12.2. The van der Waals surface area contributed by atoms with E-state index < -0.39 is 0 Å². The van der Waals surface area contributed by atoms with E-state index in [0.29, 0.717) is 11.5 Å². The van der Waals surface area contributed by atoms with Crippen LogP contribution in [0, 0.1) is 6.92 Å². The number of nitrogens with zero attached hydrogens (tertiary/aromatic N) is 2. The van der Waals surface area contributed by atoms with E-state index in [-0.39, 0.29) is 5.56 Å². The smallest absolute Gasteiger partial charge is 0.256 e. The summed E-state index contributed by atoms with van der Waals surface area (Å²) in [5, 5.41) is 7.41. The predicted octanol–water partition coefficient (Wildman–Crippen LogP) is 4.47. The maximum Gasteiger partial charge on any atom is 0.256 e. The van der Waals surface area contributed by atoms with Crippen LogP contribution < -0.4 is 16.2 Å². The molecule has 2 aromatic carbocycles. The Morgan fingerprint density at radius 1 is 1.07 bits per heavy atom. The van der Waals surface area contributed by atoms with Crippen molar-refractivity contribution in [3.8, 4) is 11.1 Å². The lowest BCUT2D eigenvalue weighted by Crippen LogP contribution is -2.09. The van der Waals surface area contributed by atoms with E-state index in [4.69, 9.17) is 0 Å². The Labute approximate surface area is 162 Å². The van der Waals surface area contributed by atoms with Gasteiger partial charge in [0.15, 0.2) is 0 Å². The molecule has 0 saturated heterocycles. The number of rotatable bonds is 5. The van der Waals surface area contributed by atoms with Gasteiger partial charge in [-0.05, 0) is 61.4 Å². The largest absolute Gasteiger partial charge is 0.385 e. The molecule has 0 atom stereocenters. The molecule has 2 aromatic heterocycles. The number of H-pyrrole nitrogens is 1. The number of nitrogens with one attached hydrogen (secondary N) is 3. The fourth-order valence-corrected chi connectivity index (χ4v) is 3.22. The van der Waals surface area contributed by atoms with Gasteiger partial charge in [-0.1, -0.05) is 12.1 Å². The Balaban J connectivity index is 1.65. The van der Waals surface area contributed by atoms with Crippen molar-refractivity contribution in [1.29, 1.82) is 0 Å². The Bertz CT molecular complexity index is 1200. The zero-order valence-electron chi connectivity index (χ0n) is 15.8. The predicted molar refractivity (Wildman–Crippen MR) is 114 cm³/mol. The van der Waals surface area contributed by atoms with Crippen LogP contribution in [0.2, 0.25) is 0 Å². The van der Waals surface area contributed by atoms with Crippen molar-refractivity contribution in [2.75, 3.05) is 17.2 Å². The summed E-state index contributed by atoms with van der Waals surface area (Å²) >= 11 is 0. The lowest BCUT2D eigenvalue weighted by atomic mass is 10.0. The molecule has 0 bridgehead atoms. The van der Waals surface area contributed by atoms with Crippen LogP contribution in [0.15, 0.2) is 65.7 Å². The number of aryl methyl sites for hydroxylation is 1. The van der Waals surface area contributed by atoms with Gasteiger partial charge < -0.3 is 15.6 Å². The first-order chi connectivity index (χ1) is 13.6. The van der Waals surface area contributed by atoms with E-state index in [2.05, 4.69) is 32.5 Å². The van der Waals surface area contributed by atoms with E-state index in [1.807, 2.05) is 55.5 Å². The minimum atomic E-state index is -0.0980. The van der Waals surface area contributed by atoms with Crippen molar-refractivity contribution in [1.82, 2.24) is 15.0 Å². The molecular formula is C22H21N5O. The number of fused-ring (bicyclic) bond motifs is 1. The molecule has 28 heavy (non-hydrogen) atoms. The number of benzene rings is 2. The zero-order chi connectivity index (χ0) is 19.5. The molecule has 0 fully saturated rings. The molecular weight excluding hydrogens is 350 g/mol. The van der Waals surface area contributed by atoms with E-state index in [1.165, 1.54) is 0 Å². The van der Waals surface area contributed by atoms with Gasteiger partial charge in [0.2, 0.25) is 5.95 Å². The summed E-state index contributed by atoms with van der Waals surface area (Å²) < 4.78 is 0. The normalized spacial score (nSPS) is 10.8. The summed E-state index contributed by atoms with van der Waals surface area (Å²) in [6.45, 7) is 4.85. The molecule has 4 aromatic rings. The van der Waals surface area contributed by atoms with E-state index in [0.717, 1.165) is 39.9 Å². The molecule has 0 unspecified atom stereocenters. The number of hydrogen-bond donors (Lipinski definition) is 3. The summed E-state index contributed by atoms with van der Waals surface area (Å²) in [5.74, 6) is 0.530. The van der Waals surface area contributed by atoms with Gasteiger partial charge in [0.1, 0.15) is 0 Å². The molecule has 0 spiro atoms. The maximum atomic E-state index is 12.2. The van der Waals surface area contributed by atoms with Gasteiger partial charge >= 0.3 is 0 Å². The standard InChI is InChI=1S/C22H21N5O/c1-3-23-17-5-4-6-18(12-17)26-22-25-13-16-11-15(7-8-19(16)27-22)20-14(2)9-10-24-21(20)28/h4-13,23H,3H2,1-2H3,(H,24,28)(H,25,26,27). The van der Waals surface area contributed by atoms with Crippen molar-refractivity contribution < 1.29 is 0 Å². The lowest BCUT2D eigenvalue weighted by molar-refractivity contribution is 1.20. The summed E-state index contributed by atoms with van der Waals surface area (Å²) in [6.07, 6.45) is 3.43. The van der Waals surface area contributed by atoms with Crippen LogP contribution in [-0.2, 0) is 0 Å². The lowest BCUT2D eigenvalue weighted by Gasteiger charge is -2.09. The molecule has 6 nitrogen and oxygen atoms in total. The van der Waals surface area contributed by atoms with Crippen LogP contribution in [0.25, 0.3) is 22.0 Å². The van der Waals surface area contributed by atoms with Gasteiger partial charge in [0.05, 0.1) is 5.52 Å². The molecule has 0 aliphatic carbocycles. The topological polar surface area (TPSA) is 82.7 Å². The van der Waals surface area contributed by atoms with Crippen LogP contribution in [0.5, 0.6) is 0 Å². The van der Waals surface area contributed by atoms with E-state index in [9.17, 15) is 4.79 Å². The zero-order valence-corrected chi connectivity index (χ0v) is 15.8. The highest BCUT2D eigenvalue weighted by Gasteiger charge is 2.09. The van der Waals surface area contributed by atoms with Crippen LogP contribution in [0.1, 0.15) is 12.5 Å². The molecule has 0 amide bonds. The highest BCUT2D eigenvalue weighted by atomic mass is 16.1. The van der Waals surface area contributed by atoms with E-state index >= 15 is 0 Å². The van der Waals surface area contributed by atoms with Crippen LogP contribution in [-0.4, -0.2) is 21.5 Å². The number of aromatic amines is 1. The van der Waals surface area contributed by atoms with Gasteiger partial charge in [-0.2, -0.15) is 0 Å². The van der Waals surface area contributed by atoms with Gasteiger partial charge in [-0.3, -0.25) is 4.79 Å². The van der Waals surface area contributed by atoms with Crippen molar-refractivity contribution in [2.45, 2.75) is 13.8 Å². The second kappa shape index (κ2) is 7.52. The first-order valence-electron chi connectivity index (χ1n) is 9.20. The summed E-state index contributed by atoms with van der Waals surface area (Å²) in [4.78, 5) is 24.0. The molecule has 0 aliphatic rings. The number of aromatic nitrogens is 3. The molecule has 0 radical (unpaired) electrons. The molecule has 6 heteroatoms. The quantitative estimate of drug-likeness (QED) is 0.482. The van der Waals surface area contributed by atoms with E-state index in [1.54, 1.807) is 12.4 Å². The molecule has 0 aliphatic heterocycles. The van der Waals surface area contributed by atoms with Crippen molar-refractivity contribution in [3.63, 3.8) is 0 Å². The average molecular weight is 371 g/mol. The van der Waals surface area contributed by atoms with Gasteiger partial charge in [0.25, 0.3) is 5.56 Å². The van der Waals surface area contributed by atoms with Crippen molar-refractivity contribution in [3.05, 3.63) is 76.8 Å². The highest BCUT2D eigenvalue weighted by Crippen LogP contribution is 2.24. The second-order valence-electron chi connectivity index (χ2n) is 6.57. The van der Waals surface area contributed by atoms with Gasteiger partial charge in [0, 0.05) is 41.3 Å². The van der Waals surface area contributed by atoms with Crippen molar-refractivity contribution in [2.24, 2.45) is 0 Å². The third-order valence-electron chi connectivity index (χ3n) is 4.54. The Kier molecular flexibility index (Phi) is 4.76. The number of hydrogen-bond acceptors (Lipinski definition) is 5. The molecule has 3 N–H and O–H groups in total. The summed E-state index contributed by atoms with van der Waals surface area (Å²) in [6, 6.07) is 15.7. The van der Waals surface area contributed by atoms with Crippen molar-refractivity contribution >= 4 is 28.2 Å². The third kappa shape index (κ3) is 3.57. The Morgan fingerprint density at radius 3 is 2.75 bits per heavy atom. The molecule has 2 heterocycles. The first kappa shape index (κ1) is 17.7. The SMILES string of the molecule is CCNc1cccc(Nc2ncc3cc(-c4c(C)cc[nH]c4=O)ccc3n2)c1. The summed E-state index contributed by atoms with van der Waals surface area (Å²) in [7, 11) is 0. The van der Waals surface area contributed by atoms with Crippen LogP contribution in [0.4, 0.5) is 17.3 Å². The average Bonchev–Trinajstić information content (AvgIpc) is 2.68. The minimum absolute atomic E-state index is 0.0980. The Hall–Kier alpha value is -3.67. The Morgan fingerprint density at radius 2 is 1.93 bits per heavy atom. The molecule has 0 saturated carbocycles. The molecule has 140 valence electrons. The van der Waals surface area contributed by atoms with Gasteiger partial charge in [-0.15, -0.1) is 0 Å². The number of pyridine rings is 1. The van der Waals surface area contributed by atoms with Gasteiger partial charge in [-0.25, -0.2) is 9.97 Å². The minimum Gasteiger partial charge on any atom is -0.385 e. The second-order valence-corrected chi connectivity index (χ2v) is 6.57. The third-order valence-corrected chi connectivity index (χ3v) is 4.54.